The van der Waals surface area contributed by atoms with Crippen LogP contribution in [0.1, 0.15) is 20.8 Å². The monoisotopic (exact) mass is 221 g/mol. The van der Waals surface area contributed by atoms with E-state index >= 15 is 0 Å². The number of sulfonamides is 1. The van der Waals surface area contributed by atoms with Crippen LogP contribution in [0.4, 0.5) is 0 Å². The summed E-state index contributed by atoms with van der Waals surface area (Å²) in [6.07, 6.45) is 1.54. The van der Waals surface area contributed by atoms with Gasteiger partial charge in [0.05, 0.1) is 11.9 Å². The summed E-state index contributed by atoms with van der Waals surface area (Å²) in [4.78, 5) is 0. The smallest absolute Gasteiger partial charge is 0.219 e. The molecule has 1 unspecified atom stereocenters. The van der Waals surface area contributed by atoms with Gasteiger partial charge in [0.15, 0.2) is 0 Å². The molecule has 0 heterocycles. The van der Waals surface area contributed by atoms with Crippen molar-refractivity contribution in [1.29, 1.82) is 0 Å². The largest absolute Gasteiger partial charge is 0.395 e. The molecule has 0 saturated carbocycles. The first kappa shape index (κ1) is 13.6. The van der Waals surface area contributed by atoms with Crippen LogP contribution in [0.15, 0.2) is 12.7 Å². The molecule has 0 aliphatic carbocycles. The van der Waals surface area contributed by atoms with Crippen molar-refractivity contribution in [3.05, 3.63) is 12.7 Å². The van der Waals surface area contributed by atoms with Gasteiger partial charge < -0.3 is 5.11 Å². The summed E-state index contributed by atoms with van der Waals surface area (Å²) in [6, 6.07) is -0.119. The van der Waals surface area contributed by atoms with Gasteiger partial charge in [-0.1, -0.05) is 6.08 Å². The second kappa shape index (κ2) is 5.48. The van der Waals surface area contributed by atoms with Crippen molar-refractivity contribution in [2.75, 3.05) is 13.2 Å². The third kappa shape index (κ3) is 3.08. The highest BCUT2D eigenvalue weighted by Crippen LogP contribution is 2.12. The fourth-order valence-corrected chi connectivity index (χ4v) is 2.61. The zero-order chi connectivity index (χ0) is 11.4. The van der Waals surface area contributed by atoms with Gasteiger partial charge in [0, 0.05) is 12.6 Å². The van der Waals surface area contributed by atoms with E-state index in [-0.39, 0.29) is 19.2 Å². The number of aliphatic hydroxyl groups excluding tert-OH is 1. The summed E-state index contributed by atoms with van der Waals surface area (Å²) in [5.74, 6) is 0. The Balaban J connectivity index is 4.90. The molecule has 0 aromatic rings. The third-order valence-corrected chi connectivity index (χ3v) is 4.37. The number of hydrogen-bond donors (Lipinski definition) is 1. The predicted molar refractivity (Wildman–Crippen MR) is 57.5 cm³/mol. The molecule has 0 aliphatic heterocycles. The van der Waals surface area contributed by atoms with Crippen molar-refractivity contribution in [3.63, 3.8) is 0 Å². The number of rotatable bonds is 6. The number of nitrogens with zero attached hydrogens (tertiary/aromatic N) is 1. The molecule has 14 heavy (non-hydrogen) atoms. The average Bonchev–Trinajstić information content (AvgIpc) is 2.11. The lowest BCUT2D eigenvalue weighted by Gasteiger charge is -2.27. The Morgan fingerprint density at radius 3 is 2.21 bits per heavy atom. The number of hydrogen-bond acceptors (Lipinski definition) is 3. The van der Waals surface area contributed by atoms with Gasteiger partial charge in [0.2, 0.25) is 10.0 Å². The fraction of sp³-hybridized carbons (Fsp3) is 0.778. The Kier molecular flexibility index (Phi) is 5.33. The molecular weight excluding hydrogens is 202 g/mol. The van der Waals surface area contributed by atoms with E-state index in [9.17, 15) is 8.42 Å². The van der Waals surface area contributed by atoms with E-state index in [0.717, 1.165) is 0 Å². The van der Waals surface area contributed by atoms with Crippen molar-refractivity contribution in [2.45, 2.75) is 32.1 Å². The molecule has 5 heteroatoms. The maximum Gasteiger partial charge on any atom is 0.219 e. The first-order chi connectivity index (χ1) is 6.37. The van der Waals surface area contributed by atoms with Gasteiger partial charge >= 0.3 is 0 Å². The van der Waals surface area contributed by atoms with Gasteiger partial charge in [0.25, 0.3) is 0 Å². The highest BCUT2D eigenvalue weighted by molar-refractivity contribution is 7.89. The first-order valence-electron chi connectivity index (χ1n) is 4.60. The van der Waals surface area contributed by atoms with E-state index in [1.165, 1.54) is 11.2 Å². The average molecular weight is 221 g/mol. The molecule has 1 N–H and O–H groups in total. The van der Waals surface area contributed by atoms with E-state index in [0.29, 0.717) is 0 Å². The third-order valence-electron chi connectivity index (χ3n) is 1.98. The highest BCUT2D eigenvalue weighted by Gasteiger charge is 2.29. The number of aliphatic hydroxyl groups is 1. The highest BCUT2D eigenvalue weighted by atomic mass is 32.2. The Bertz CT molecular complexity index is 272. The molecular formula is C9H19NO3S. The molecule has 0 radical (unpaired) electrons. The summed E-state index contributed by atoms with van der Waals surface area (Å²) in [5.41, 5.74) is 0. The van der Waals surface area contributed by atoms with Crippen molar-refractivity contribution in [2.24, 2.45) is 0 Å². The van der Waals surface area contributed by atoms with Gasteiger partial charge in [-0.05, 0) is 20.8 Å². The lowest BCUT2D eigenvalue weighted by atomic mass is 10.4. The molecule has 1 atom stereocenters. The van der Waals surface area contributed by atoms with Crippen LogP contribution >= 0.6 is 0 Å². The Morgan fingerprint density at radius 1 is 1.43 bits per heavy atom. The summed E-state index contributed by atoms with van der Waals surface area (Å²) in [6.45, 7) is 8.52. The van der Waals surface area contributed by atoms with E-state index in [4.69, 9.17) is 5.11 Å². The van der Waals surface area contributed by atoms with Crippen molar-refractivity contribution < 1.29 is 13.5 Å². The van der Waals surface area contributed by atoms with Crippen LogP contribution in [0.5, 0.6) is 0 Å². The molecule has 0 saturated heterocycles. The van der Waals surface area contributed by atoms with Crippen molar-refractivity contribution in [1.82, 2.24) is 4.31 Å². The van der Waals surface area contributed by atoms with Gasteiger partial charge in [-0.25, -0.2) is 8.42 Å². The van der Waals surface area contributed by atoms with E-state index in [2.05, 4.69) is 6.58 Å². The van der Waals surface area contributed by atoms with Gasteiger partial charge in [-0.3, -0.25) is 0 Å². The maximum absolute atomic E-state index is 11.8. The fourth-order valence-electron chi connectivity index (χ4n) is 1.06. The minimum absolute atomic E-state index is 0.119. The molecule has 0 fully saturated rings. The van der Waals surface area contributed by atoms with Crippen LogP contribution in [-0.2, 0) is 10.0 Å². The van der Waals surface area contributed by atoms with E-state index in [1.807, 2.05) is 0 Å². The van der Waals surface area contributed by atoms with Crippen LogP contribution in [-0.4, -0.2) is 42.3 Å². The quantitative estimate of drug-likeness (QED) is 0.668. The topological polar surface area (TPSA) is 57.6 Å². The van der Waals surface area contributed by atoms with Gasteiger partial charge in [-0.15, -0.1) is 6.58 Å². The Labute approximate surface area is 86.3 Å². The summed E-state index contributed by atoms with van der Waals surface area (Å²) in [5, 5.41) is 8.08. The molecule has 0 aliphatic rings. The minimum Gasteiger partial charge on any atom is -0.395 e. The Morgan fingerprint density at radius 2 is 1.93 bits per heavy atom. The van der Waals surface area contributed by atoms with Crippen molar-refractivity contribution >= 4 is 10.0 Å². The summed E-state index contributed by atoms with van der Waals surface area (Å²) in [7, 11) is -3.40. The normalized spacial score (nSPS) is 14.7. The van der Waals surface area contributed by atoms with Gasteiger partial charge in [0.1, 0.15) is 0 Å². The molecule has 84 valence electrons. The lowest BCUT2D eigenvalue weighted by molar-refractivity contribution is 0.286. The lowest BCUT2D eigenvalue weighted by Crippen LogP contribution is -2.43. The predicted octanol–water partition coefficient (Wildman–Crippen LogP) is 0.593. The zero-order valence-electron chi connectivity index (χ0n) is 8.97. The molecule has 0 bridgehead atoms. The molecule has 4 nitrogen and oxygen atoms in total. The van der Waals surface area contributed by atoms with E-state index < -0.39 is 15.3 Å². The summed E-state index contributed by atoms with van der Waals surface area (Å²) < 4.78 is 25.0. The minimum atomic E-state index is -3.40. The maximum atomic E-state index is 11.8. The van der Waals surface area contributed by atoms with Crippen molar-refractivity contribution in [3.8, 4) is 0 Å². The molecule has 0 amide bonds. The SMILES string of the molecule is C=CCN(C(C)C)S(=O)(=O)C(C)CO. The standard InChI is InChI=1S/C9H19NO3S/c1-5-6-10(8(2)3)14(12,13)9(4)7-11/h5,8-9,11H,1,6-7H2,2-4H3. The van der Waals surface area contributed by atoms with Crippen LogP contribution in [0.3, 0.4) is 0 Å². The molecule has 0 aromatic heterocycles. The van der Waals surface area contributed by atoms with Crippen LogP contribution in [0.25, 0.3) is 0 Å². The summed E-state index contributed by atoms with van der Waals surface area (Å²) >= 11 is 0. The van der Waals surface area contributed by atoms with E-state index in [1.54, 1.807) is 19.9 Å². The van der Waals surface area contributed by atoms with Crippen LogP contribution < -0.4 is 0 Å². The van der Waals surface area contributed by atoms with Crippen LogP contribution in [0.2, 0.25) is 0 Å². The second-order valence-corrected chi connectivity index (χ2v) is 5.79. The Hall–Kier alpha value is -0.390. The second-order valence-electron chi connectivity index (χ2n) is 3.49. The van der Waals surface area contributed by atoms with Gasteiger partial charge in [-0.2, -0.15) is 4.31 Å². The first-order valence-corrected chi connectivity index (χ1v) is 6.10. The van der Waals surface area contributed by atoms with Crippen LogP contribution in [0, 0.1) is 0 Å². The molecule has 0 rings (SSSR count). The zero-order valence-corrected chi connectivity index (χ0v) is 9.79. The molecule has 0 spiro atoms. The molecule has 0 aromatic carbocycles.